The number of carboxylic acids is 1. The molecular formula is C24H20ClNO4. The van der Waals surface area contributed by atoms with Crippen LogP contribution in [0.1, 0.15) is 22.6 Å². The molecule has 0 aromatic heterocycles. The molecular weight excluding hydrogens is 402 g/mol. The van der Waals surface area contributed by atoms with Crippen LogP contribution in [0.5, 0.6) is 0 Å². The Morgan fingerprint density at radius 3 is 2.20 bits per heavy atom. The molecule has 0 bridgehead atoms. The van der Waals surface area contributed by atoms with Gasteiger partial charge in [-0.15, -0.1) is 0 Å². The Labute approximate surface area is 179 Å². The molecule has 1 aliphatic carbocycles. The van der Waals surface area contributed by atoms with E-state index in [1.54, 1.807) is 24.3 Å². The summed E-state index contributed by atoms with van der Waals surface area (Å²) < 4.78 is 5.44. The van der Waals surface area contributed by atoms with E-state index in [0.29, 0.717) is 10.6 Å². The molecule has 0 saturated carbocycles. The van der Waals surface area contributed by atoms with Crippen LogP contribution >= 0.6 is 11.6 Å². The number of hydrogen-bond donors (Lipinski definition) is 2. The smallest absolute Gasteiger partial charge is 0.407 e. The summed E-state index contributed by atoms with van der Waals surface area (Å²) in [5, 5.41) is 12.5. The predicted molar refractivity (Wildman–Crippen MR) is 115 cm³/mol. The van der Waals surface area contributed by atoms with Gasteiger partial charge in [-0.1, -0.05) is 72.3 Å². The molecule has 0 heterocycles. The maximum absolute atomic E-state index is 12.4. The summed E-state index contributed by atoms with van der Waals surface area (Å²) in [6.07, 6.45) is -0.647. The molecule has 152 valence electrons. The number of aliphatic carboxylic acids is 1. The molecule has 3 aromatic carbocycles. The molecule has 0 saturated heterocycles. The summed E-state index contributed by atoms with van der Waals surface area (Å²) in [5.41, 5.74) is 5.17. The van der Waals surface area contributed by atoms with Crippen molar-refractivity contribution in [3.63, 3.8) is 0 Å². The normalized spacial score (nSPS) is 13.2. The average molecular weight is 422 g/mol. The number of hydrogen-bond acceptors (Lipinski definition) is 3. The molecule has 0 unspecified atom stereocenters. The van der Waals surface area contributed by atoms with Crippen LogP contribution < -0.4 is 5.32 Å². The minimum atomic E-state index is -1.14. The van der Waals surface area contributed by atoms with Crippen LogP contribution in [0.4, 0.5) is 4.79 Å². The highest BCUT2D eigenvalue weighted by molar-refractivity contribution is 6.30. The molecule has 0 radical (unpaired) electrons. The van der Waals surface area contributed by atoms with Gasteiger partial charge in [-0.25, -0.2) is 9.59 Å². The van der Waals surface area contributed by atoms with E-state index >= 15 is 0 Å². The van der Waals surface area contributed by atoms with Gasteiger partial charge in [0, 0.05) is 17.4 Å². The maximum atomic E-state index is 12.4. The van der Waals surface area contributed by atoms with Gasteiger partial charge in [0.1, 0.15) is 12.6 Å². The SMILES string of the molecule is O=C(N[C@@H](Cc1cccc(Cl)c1)C(=O)O)OCC1c2ccccc2-c2ccccc21. The number of halogens is 1. The second-order valence-corrected chi connectivity index (χ2v) is 7.63. The van der Waals surface area contributed by atoms with Crippen molar-refractivity contribution in [2.24, 2.45) is 0 Å². The summed E-state index contributed by atoms with van der Waals surface area (Å²) in [6, 6.07) is 21.8. The Balaban J connectivity index is 1.43. The lowest BCUT2D eigenvalue weighted by Crippen LogP contribution is -2.42. The highest BCUT2D eigenvalue weighted by atomic mass is 35.5. The van der Waals surface area contributed by atoms with Gasteiger partial charge in [0.05, 0.1) is 0 Å². The molecule has 0 spiro atoms. The number of alkyl carbamates (subject to hydrolysis) is 1. The van der Waals surface area contributed by atoms with E-state index in [-0.39, 0.29) is 18.9 Å². The third-order valence-corrected chi connectivity index (χ3v) is 5.50. The number of benzene rings is 3. The lowest BCUT2D eigenvalue weighted by atomic mass is 9.98. The number of carboxylic acid groups (broad SMARTS) is 1. The number of amides is 1. The van der Waals surface area contributed by atoms with Crippen molar-refractivity contribution in [3.8, 4) is 11.1 Å². The summed E-state index contributed by atoms with van der Waals surface area (Å²) in [5.74, 6) is -1.22. The van der Waals surface area contributed by atoms with Gasteiger partial charge in [0.25, 0.3) is 0 Å². The van der Waals surface area contributed by atoms with Gasteiger partial charge in [-0.3, -0.25) is 0 Å². The second-order valence-electron chi connectivity index (χ2n) is 7.19. The first-order chi connectivity index (χ1) is 14.5. The lowest BCUT2D eigenvalue weighted by Gasteiger charge is -2.17. The highest BCUT2D eigenvalue weighted by Crippen LogP contribution is 2.44. The number of carbonyl (C=O) groups excluding carboxylic acids is 1. The standard InChI is InChI=1S/C24H20ClNO4/c25-16-7-5-6-15(12-16)13-22(23(27)28)26-24(29)30-14-21-19-10-3-1-8-17(19)18-9-2-4-11-20(18)21/h1-12,21-22H,13-14H2,(H,26,29)(H,27,28)/t22-/m0/s1. The Morgan fingerprint density at radius 2 is 1.60 bits per heavy atom. The topological polar surface area (TPSA) is 75.6 Å². The third kappa shape index (κ3) is 4.16. The quantitative estimate of drug-likeness (QED) is 0.595. The Kier molecular flexibility index (Phi) is 5.72. The van der Waals surface area contributed by atoms with Gasteiger partial charge in [-0.2, -0.15) is 0 Å². The van der Waals surface area contributed by atoms with E-state index in [1.807, 2.05) is 36.4 Å². The van der Waals surface area contributed by atoms with Gasteiger partial charge in [0.15, 0.2) is 0 Å². The van der Waals surface area contributed by atoms with Crippen LogP contribution in [0.3, 0.4) is 0 Å². The van der Waals surface area contributed by atoms with E-state index in [1.165, 1.54) is 0 Å². The monoisotopic (exact) mass is 421 g/mol. The fourth-order valence-corrected chi connectivity index (χ4v) is 4.09. The molecule has 3 aromatic rings. The van der Waals surface area contributed by atoms with E-state index < -0.39 is 18.1 Å². The van der Waals surface area contributed by atoms with Gasteiger partial charge in [0.2, 0.25) is 0 Å². The van der Waals surface area contributed by atoms with Gasteiger partial charge >= 0.3 is 12.1 Å². The summed E-state index contributed by atoms with van der Waals surface area (Å²) in [7, 11) is 0. The van der Waals surface area contributed by atoms with Crippen molar-refractivity contribution in [1.82, 2.24) is 5.32 Å². The fraction of sp³-hybridized carbons (Fsp3) is 0.167. The fourth-order valence-electron chi connectivity index (χ4n) is 3.88. The van der Waals surface area contributed by atoms with Gasteiger partial charge < -0.3 is 15.2 Å². The molecule has 0 fully saturated rings. The van der Waals surface area contributed by atoms with Crippen molar-refractivity contribution in [3.05, 3.63) is 94.5 Å². The second kappa shape index (κ2) is 8.59. The number of ether oxygens (including phenoxy) is 1. The molecule has 2 N–H and O–H groups in total. The van der Waals surface area contributed by atoms with E-state index in [2.05, 4.69) is 17.4 Å². The first kappa shape index (κ1) is 20.0. The first-order valence-corrected chi connectivity index (χ1v) is 9.99. The van der Waals surface area contributed by atoms with E-state index in [0.717, 1.165) is 22.3 Å². The Bertz CT molecular complexity index is 1050. The Morgan fingerprint density at radius 1 is 0.967 bits per heavy atom. The number of carbonyl (C=O) groups is 2. The van der Waals surface area contributed by atoms with Crippen LogP contribution in [0, 0.1) is 0 Å². The molecule has 1 amide bonds. The highest BCUT2D eigenvalue weighted by Gasteiger charge is 2.29. The lowest BCUT2D eigenvalue weighted by molar-refractivity contribution is -0.139. The van der Waals surface area contributed by atoms with Gasteiger partial charge in [-0.05, 0) is 39.9 Å². The molecule has 0 aliphatic heterocycles. The molecule has 1 atom stereocenters. The molecule has 5 nitrogen and oxygen atoms in total. The van der Waals surface area contributed by atoms with Crippen molar-refractivity contribution in [2.75, 3.05) is 6.61 Å². The predicted octanol–water partition coefficient (Wildman–Crippen LogP) is 4.87. The zero-order chi connectivity index (χ0) is 21.1. The number of fused-ring (bicyclic) bond motifs is 3. The largest absolute Gasteiger partial charge is 0.480 e. The van der Waals surface area contributed by atoms with Crippen LogP contribution in [-0.4, -0.2) is 29.8 Å². The van der Waals surface area contributed by atoms with Crippen molar-refractivity contribution >= 4 is 23.7 Å². The van der Waals surface area contributed by atoms with E-state index in [4.69, 9.17) is 16.3 Å². The van der Waals surface area contributed by atoms with Crippen molar-refractivity contribution in [1.29, 1.82) is 0 Å². The minimum Gasteiger partial charge on any atom is -0.480 e. The molecule has 4 rings (SSSR count). The van der Waals surface area contributed by atoms with Crippen molar-refractivity contribution < 1.29 is 19.4 Å². The van der Waals surface area contributed by atoms with Crippen LogP contribution in [0.15, 0.2) is 72.8 Å². The first-order valence-electron chi connectivity index (χ1n) is 9.61. The minimum absolute atomic E-state index is 0.0839. The Hall–Kier alpha value is -3.31. The molecule has 6 heteroatoms. The molecule has 1 aliphatic rings. The summed E-state index contributed by atoms with van der Waals surface area (Å²) in [6.45, 7) is 0.128. The van der Waals surface area contributed by atoms with Crippen LogP contribution in [0.2, 0.25) is 5.02 Å². The summed E-state index contributed by atoms with van der Waals surface area (Å²) in [4.78, 5) is 24.0. The maximum Gasteiger partial charge on any atom is 0.407 e. The third-order valence-electron chi connectivity index (χ3n) is 5.26. The zero-order valence-corrected chi connectivity index (χ0v) is 16.8. The molecule has 30 heavy (non-hydrogen) atoms. The van der Waals surface area contributed by atoms with Crippen LogP contribution in [-0.2, 0) is 16.0 Å². The summed E-state index contributed by atoms with van der Waals surface area (Å²) >= 11 is 5.96. The number of rotatable bonds is 6. The van der Waals surface area contributed by atoms with E-state index in [9.17, 15) is 14.7 Å². The van der Waals surface area contributed by atoms with Crippen LogP contribution in [0.25, 0.3) is 11.1 Å². The van der Waals surface area contributed by atoms with Crippen molar-refractivity contribution in [2.45, 2.75) is 18.4 Å². The average Bonchev–Trinajstić information content (AvgIpc) is 3.06. The zero-order valence-electron chi connectivity index (χ0n) is 16.0. The number of nitrogens with one attached hydrogen (secondary N) is 1.